The third kappa shape index (κ3) is 2.01. The summed E-state index contributed by atoms with van der Waals surface area (Å²) in [5.41, 5.74) is 1.59. The topological polar surface area (TPSA) is 30.7 Å². The molecule has 3 nitrogen and oxygen atoms in total. The Morgan fingerprint density at radius 2 is 2.20 bits per heavy atom. The van der Waals surface area contributed by atoms with E-state index in [0.717, 1.165) is 5.52 Å². The highest BCUT2D eigenvalue weighted by atomic mass is 16.5. The zero-order valence-corrected chi connectivity index (χ0v) is 8.81. The van der Waals surface area contributed by atoms with Crippen LogP contribution in [0.15, 0.2) is 36.7 Å². The quantitative estimate of drug-likeness (QED) is 0.702. The van der Waals surface area contributed by atoms with Crippen LogP contribution < -0.4 is 0 Å². The fourth-order valence-corrected chi connectivity index (χ4v) is 1.45. The summed E-state index contributed by atoms with van der Waals surface area (Å²) in [6.45, 7) is 3.68. The minimum atomic E-state index is -0.270. The van der Waals surface area contributed by atoms with Crippen molar-refractivity contribution in [3.63, 3.8) is 0 Å². The van der Waals surface area contributed by atoms with E-state index in [2.05, 4.69) is 0 Å². The number of hydrogen-bond acceptors (Lipinski definition) is 2. The monoisotopic (exact) mass is 203 g/mol. The molecule has 0 unspecified atom stereocenters. The maximum absolute atomic E-state index is 11.6. The van der Waals surface area contributed by atoms with E-state index >= 15 is 0 Å². The van der Waals surface area contributed by atoms with Gasteiger partial charge in [0.2, 0.25) is 0 Å². The van der Waals surface area contributed by atoms with E-state index in [1.54, 1.807) is 6.20 Å². The van der Waals surface area contributed by atoms with Crippen LogP contribution in [0.4, 0.5) is 0 Å². The fraction of sp³-hybridized carbons (Fsp3) is 0.250. The molecule has 0 amide bonds. The van der Waals surface area contributed by atoms with E-state index in [4.69, 9.17) is 4.74 Å². The van der Waals surface area contributed by atoms with Gasteiger partial charge in [0.15, 0.2) is 0 Å². The summed E-state index contributed by atoms with van der Waals surface area (Å²) < 4.78 is 7.01. The van der Waals surface area contributed by atoms with Gasteiger partial charge >= 0.3 is 5.97 Å². The van der Waals surface area contributed by atoms with Crippen molar-refractivity contribution in [3.8, 4) is 0 Å². The predicted molar refractivity (Wildman–Crippen MR) is 57.9 cm³/mol. The first-order chi connectivity index (χ1) is 7.16. The molecular formula is C12H13NO2. The van der Waals surface area contributed by atoms with Crippen molar-refractivity contribution in [2.75, 3.05) is 0 Å². The molecule has 0 N–H and O–H groups in total. The fourth-order valence-electron chi connectivity index (χ4n) is 1.45. The molecule has 0 spiro atoms. The Labute approximate surface area is 88.3 Å². The summed E-state index contributed by atoms with van der Waals surface area (Å²) >= 11 is 0. The second-order valence-corrected chi connectivity index (χ2v) is 3.72. The number of aromatic nitrogens is 1. The zero-order chi connectivity index (χ0) is 10.8. The third-order valence-electron chi connectivity index (χ3n) is 2.08. The van der Waals surface area contributed by atoms with Gasteiger partial charge < -0.3 is 9.14 Å². The van der Waals surface area contributed by atoms with E-state index in [1.165, 1.54) is 0 Å². The van der Waals surface area contributed by atoms with E-state index in [9.17, 15) is 4.79 Å². The molecule has 0 aliphatic heterocycles. The SMILES string of the molecule is CC(C)OC(=O)c1cc2ccccn2c1. The van der Waals surface area contributed by atoms with Crippen LogP contribution in [-0.4, -0.2) is 16.5 Å². The van der Waals surface area contributed by atoms with Crippen LogP contribution in [-0.2, 0) is 4.74 Å². The molecule has 0 fully saturated rings. The number of ether oxygens (including phenoxy) is 1. The minimum absolute atomic E-state index is 0.0829. The van der Waals surface area contributed by atoms with Crippen molar-refractivity contribution < 1.29 is 9.53 Å². The predicted octanol–water partition coefficient (Wildman–Crippen LogP) is 2.50. The maximum atomic E-state index is 11.6. The van der Waals surface area contributed by atoms with Gasteiger partial charge in [-0.1, -0.05) is 6.07 Å². The van der Waals surface area contributed by atoms with Crippen molar-refractivity contribution in [1.29, 1.82) is 0 Å². The first-order valence-corrected chi connectivity index (χ1v) is 4.94. The molecule has 78 valence electrons. The number of pyridine rings is 1. The number of hydrogen-bond donors (Lipinski definition) is 0. The molecule has 3 heteroatoms. The lowest BCUT2D eigenvalue weighted by Gasteiger charge is -2.05. The molecule has 0 saturated heterocycles. The zero-order valence-electron chi connectivity index (χ0n) is 8.81. The number of carbonyl (C=O) groups is 1. The lowest BCUT2D eigenvalue weighted by atomic mass is 10.3. The van der Waals surface area contributed by atoms with Crippen molar-refractivity contribution >= 4 is 11.5 Å². The Balaban J connectivity index is 2.32. The van der Waals surface area contributed by atoms with Gasteiger partial charge in [0.1, 0.15) is 0 Å². The Morgan fingerprint density at radius 3 is 2.87 bits per heavy atom. The molecule has 0 saturated carbocycles. The molecule has 2 rings (SSSR count). The number of esters is 1. The van der Waals surface area contributed by atoms with Crippen molar-refractivity contribution in [2.24, 2.45) is 0 Å². The van der Waals surface area contributed by atoms with Crippen LogP contribution in [0.2, 0.25) is 0 Å². The molecule has 0 aliphatic rings. The van der Waals surface area contributed by atoms with Gasteiger partial charge in [-0.05, 0) is 32.0 Å². The van der Waals surface area contributed by atoms with Crippen LogP contribution in [0.25, 0.3) is 5.52 Å². The van der Waals surface area contributed by atoms with Crippen LogP contribution in [0.3, 0.4) is 0 Å². The van der Waals surface area contributed by atoms with E-state index in [-0.39, 0.29) is 12.1 Å². The molecular weight excluding hydrogens is 190 g/mol. The normalized spacial score (nSPS) is 10.9. The Morgan fingerprint density at radius 1 is 1.40 bits per heavy atom. The first-order valence-electron chi connectivity index (χ1n) is 4.94. The van der Waals surface area contributed by atoms with E-state index in [0.29, 0.717) is 5.56 Å². The standard InChI is InChI=1S/C12H13NO2/c1-9(2)15-12(14)10-7-11-5-3-4-6-13(11)8-10/h3-9H,1-2H3. The van der Waals surface area contributed by atoms with Crippen LogP contribution in [0, 0.1) is 0 Å². The number of carbonyl (C=O) groups excluding carboxylic acids is 1. The van der Waals surface area contributed by atoms with Gasteiger partial charge in [0, 0.05) is 17.9 Å². The average molecular weight is 203 g/mol. The minimum Gasteiger partial charge on any atom is -0.459 e. The Hall–Kier alpha value is -1.77. The molecule has 0 bridgehead atoms. The van der Waals surface area contributed by atoms with Crippen LogP contribution in [0.1, 0.15) is 24.2 Å². The molecule has 0 aliphatic carbocycles. The molecule has 15 heavy (non-hydrogen) atoms. The number of fused-ring (bicyclic) bond motifs is 1. The summed E-state index contributed by atoms with van der Waals surface area (Å²) in [5, 5.41) is 0. The highest BCUT2D eigenvalue weighted by Crippen LogP contribution is 2.11. The lowest BCUT2D eigenvalue weighted by Crippen LogP contribution is -2.10. The maximum Gasteiger partial charge on any atom is 0.339 e. The van der Waals surface area contributed by atoms with Crippen LogP contribution in [0.5, 0.6) is 0 Å². The number of nitrogens with zero attached hydrogens (tertiary/aromatic N) is 1. The van der Waals surface area contributed by atoms with Gasteiger partial charge in [0.05, 0.1) is 11.7 Å². The molecule has 0 atom stereocenters. The van der Waals surface area contributed by atoms with E-state index < -0.39 is 0 Å². The van der Waals surface area contributed by atoms with Crippen molar-refractivity contribution in [3.05, 3.63) is 42.2 Å². The average Bonchev–Trinajstić information content (AvgIpc) is 2.59. The second-order valence-electron chi connectivity index (χ2n) is 3.72. The third-order valence-corrected chi connectivity index (χ3v) is 2.08. The van der Waals surface area contributed by atoms with Gasteiger partial charge in [-0.15, -0.1) is 0 Å². The van der Waals surface area contributed by atoms with Crippen LogP contribution >= 0.6 is 0 Å². The summed E-state index contributed by atoms with van der Waals surface area (Å²) in [7, 11) is 0. The molecule has 2 heterocycles. The molecule has 2 aromatic heterocycles. The highest BCUT2D eigenvalue weighted by Gasteiger charge is 2.10. The summed E-state index contributed by atoms with van der Waals surface area (Å²) in [5.74, 6) is -0.270. The molecule has 0 aromatic carbocycles. The summed E-state index contributed by atoms with van der Waals surface area (Å²) in [6, 6.07) is 7.63. The van der Waals surface area contributed by atoms with Crippen molar-refractivity contribution in [1.82, 2.24) is 4.40 Å². The summed E-state index contributed by atoms with van der Waals surface area (Å²) in [4.78, 5) is 11.6. The summed E-state index contributed by atoms with van der Waals surface area (Å²) in [6.07, 6.45) is 3.60. The number of rotatable bonds is 2. The highest BCUT2D eigenvalue weighted by molar-refractivity contribution is 5.91. The lowest BCUT2D eigenvalue weighted by molar-refractivity contribution is 0.0378. The van der Waals surface area contributed by atoms with Crippen molar-refractivity contribution in [2.45, 2.75) is 20.0 Å². The Bertz CT molecular complexity index is 452. The Kier molecular flexibility index (Phi) is 2.46. The molecule has 0 radical (unpaired) electrons. The smallest absolute Gasteiger partial charge is 0.339 e. The van der Waals surface area contributed by atoms with Gasteiger partial charge in [0.25, 0.3) is 0 Å². The second kappa shape index (κ2) is 3.77. The van der Waals surface area contributed by atoms with Gasteiger partial charge in [-0.25, -0.2) is 4.79 Å². The first kappa shape index (κ1) is 9.77. The van der Waals surface area contributed by atoms with E-state index in [1.807, 2.05) is 48.7 Å². The largest absolute Gasteiger partial charge is 0.459 e. The van der Waals surface area contributed by atoms with Gasteiger partial charge in [-0.2, -0.15) is 0 Å². The van der Waals surface area contributed by atoms with Gasteiger partial charge in [-0.3, -0.25) is 0 Å². The molecule has 2 aromatic rings.